The van der Waals surface area contributed by atoms with Crippen LogP contribution in [-0.2, 0) is 6.54 Å². The Balaban J connectivity index is 2.24. The molecule has 2 rings (SSSR count). The van der Waals surface area contributed by atoms with Gasteiger partial charge >= 0.3 is 0 Å². The van der Waals surface area contributed by atoms with Crippen molar-refractivity contribution in [1.29, 1.82) is 0 Å². The van der Waals surface area contributed by atoms with Gasteiger partial charge in [0.05, 0.1) is 12.0 Å². The van der Waals surface area contributed by atoms with Gasteiger partial charge in [-0.25, -0.2) is 8.78 Å². The summed E-state index contributed by atoms with van der Waals surface area (Å²) in [6.07, 6.45) is 0. The van der Waals surface area contributed by atoms with Crippen LogP contribution in [0.25, 0.3) is 0 Å². The molecule has 5 nitrogen and oxygen atoms in total. The molecule has 0 bridgehead atoms. The largest absolute Gasteiger partial charge is 0.497 e. The lowest BCUT2D eigenvalue weighted by Crippen LogP contribution is -2.05. The first-order chi connectivity index (χ1) is 10.0. The standard InChI is InChI=1S/C14H12F2N2O3/c1-21-11-4-5-14(18(19)20)13(7-11)17-8-9-2-3-10(15)6-12(9)16/h2-7,17H,8H2,1H3. The predicted octanol–water partition coefficient (Wildman–Crippen LogP) is 3.49. The fourth-order valence-corrected chi connectivity index (χ4v) is 1.80. The first-order valence-electron chi connectivity index (χ1n) is 6.01. The van der Waals surface area contributed by atoms with Crippen molar-refractivity contribution >= 4 is 11.4 Å². The van der Waals surface area contributed by atoms with E-state index >= 15 is 0 Å². The molecule has 0 heterocycles. The summed E-state index contributed by atoms with van der Waals surface area (Å²) in [5.41, 5.74) is 0.245. The molecule has 0 aliphatic carbocycles. The monoisotopic (exact) mass is 294 g/mol. The van der Waals surface area contributed by atoms with Gasteiger partial charge in [-0.3, -0.25) is 10.1 Å². The van der Waals surface area contributed by atoms with Gasteiger partial charge in [-0.05, 0) is 12.1 Å². The highest BCUT2D eigenvalue weighted by Gasteiger charge is 2.15. The number of nitro groups is 1. The average molecular weight is 294 g/mol. The molecule has 21 heavy (non-hydrogen) atoms. The van der Waals surface area contributed by atoms with Gasteiger partial charge in [-0.1, -0.05) is 6.07 Å². The second-order valence-electron chi connectivity index (χ2n) is 4.23. The molecule has 0 amide bonds. The minimum Gasteiger partial charge on any atom is -0.497 e. The molecule has 0 atom stereocenters. The molecule has 0 radical (unpaired) electrons. The van der Waals surface area contributed by atoms with E-state index in [-0.39, 0.29) is 23.5 Å². The Hall–Kier alpha value is -2.70. The summed E-state index contributed by atoms with van der Waals surface area (Å²) < 4.78 is 31.3. The topological polar surface area (TPSA) is 64.4 Å². The zero-order valence-electron chi connectivity index (χ0n) is 11.1. The Morgan fingerprint density at radius 1 is 1.24 bits per heavy atom. The van der Waals surface area contributed by atoms with Crippen LogP contribution in [0.2, 0.25) is 0 Å². The number of hydrogen-bond acceptors (Lipinski definition) is 4. The lowest BCUT2D eigenvalue weighted by molar-refractivity contribution is -0.384. The molecule has 2 aromatic rings. The van der Waals surface area contributed by atoms with Gasteiger partial charge < -0.3 is 10.1 Å². The van der Waals surface area contributed by atoms with E-state index in [0.717, 1.165) is 12.1 Å². The van der Waals surface area contributed by atoms with Gasteiger partial charge in [0.2, 0.25) is 0 Å². The highest BCUT2D eigenvalue weighted by atomic mass is 19.1. The molecule has 7 heteroatoms. The second-order valence-corrected chi connectivity index (χ2v) is 4.23. The van der Waals surface area contributed by atoms with E-state index in [4.69, 9.17) is 4.74 Å². The Bertz CT molecular complexity index is 677. The van der Waals surface area contributed by atoms with E-state index in [1.54, 1.807) is 0 Å². The van der Waals surface area contributed by atoms with E-state index in [1.165, 1.54) is 31.4 Å². The SMILES string of the molecule is COc1ccc([N+](=O)[O-])c(NCc2ccc(F)cc2F)c1. The van der Waals surface area contributed by atoms with Crippen LogP contribution in [-0.4, -0.2) is 12.0 Å². The lowest BCUT2D eigenvalue weighted by atomic mass is 10.2. The van der Waals surface area contributed by atoms with Gasteiger partial charge in [0.25, 0.3) is 5.69 Å². The summed E-state index contributed by atoms with van der Waals surface area (Å²) >= 11 is 0. The summed E-state index contributed by atoms with van der Waals surface area (Å²) in [7, 11) is 1.44. The van der Waals surface area contributed by atoms with E-state index in [2.05, 4.69) is 5.32 Å². The van der Waals surface area contributed by atoms with Gasteiger partial charge in [0, 0.05) is 30.3 Å². The van der Waals surface area contributed by atoms with Crippen molar-refractivity contribution in [3.05, 3.63) is 63.7 Å². The lowest BCUT2D eigenvalue weighted by Gasteiger charge is -2.09. The van der Waals surface area contributed by atoms with E-state index < -0.39 is 16.6 Å². The molecule has 0 saturated carbocycles. The van der Waals surface area contributed by atoms with Crippen molar-refractivity contribution in [3.8, 4) is 5.75 Å². The van der Waals surface area contributed by atoms with Crippen molar-refractivity contribution in [3.63, 3.8) is 0 Å². The third kappa shape index (κ3) is 3.44. The van der Waals surface area contributed by atoms with Crippen molar-refractivity contribution in [1.82, 2.24) is 0 Å². The number of nitrogens with zero attached hydrogens (tertiary/aromatic N) is 1. The van der Waals surface area contributed by atoms with Gasteiger partial charge in [0.1, 0.15) is 23.1 Å². The van der Waals surface area contributed by atoms with E-state index in [9.17, 15) is 18.9 Å². The molecular weight excluding hydrogens is 282 g/mol. The van der Waals surface area contributed by atoms with Crippen molar-refractivity contribution in [2.75, 3.05) is 12.4 Å². The Morgan fingerprint density at radius 3 is 2.62 bits per heavy atom. The summed E-state index contributed by atoms with van der Waals surface area (Å²) in [6, 6.07) is 7.37. The number of nitro benzene ring substituents is 1. The molecule has 2 aromatic carbocycles. The number of halogens is 2. The molecule has 0 aliphatic rings. The summed E-state index contributed by atoms with van der Waals surface area (Å²) in [5.74, 6) is -0.959. The number of nitrogens with one attached hydrogen (secondary N) is 1. The molecular formula is C14H12F2N2O3. The first-order valence-corrected chi connectivity index (χ1v) is 6.01. The first kappa shape index (κ1) is 14.7. The van der Waals surface area contributed by atoms with Crippen LogP contribution >= 0.6 is 0 Å². The summed E-state index contributed by atoms with van der Waals surface area (Å²) in [5, 5.41) is 13.7. The van der Waals surface area contributed by atoms with Crippen LogP contribution < -0.4 is 10.1 Å². The maximum Gasteiger partial charge on any atom is 0.292 e. The van der Waals surface area contributed by atoms with E-state index in [1.807, 2.05) is 0 Å². The molecule has 0 unspecified atom stereocenters. The molecule has 110 valence electrons. The third-order valence-electron chi connectivity index (χ3n) is 2.88. The zero-order valence-corrected chi connectivity index (χ0v) is 11.1. The number of methoxy groups -OCH3 is 1. The Labute approximate surface area is 119 Å². The minimum atomic E-state index is -0.715. The van der Waals surface area contributed by atoms with Crippen LogP contribution in [0.4, 0.5) is 20.2 Å². The molecule has 0 aliphatic heterocycles. The Kier molecular flexibility index (Phi) is 4.32. The second kappa shape index (κ2) is 6.17. The summed E-state index contributed by atoms with van der Waals surface area (Å²) in [6.45, 7) is -0.0138. The van der Waals surface area contributed by atoms with Crippen LogP contribution in [0.3, 0.4) is 0 Å². The normalized spacial score (nSPS) is 10.2. The Morgan fingerprint density at radius 2 is 2.00 bits per heavy atom. The molecule has 0 aromatic heterocycles. The highest BCUT2D eigenvalue weighted by Crippen LogP contribution is 2.29. The van der Waals surface area contributed by atoms with Crippen LogP contribution in [0.5, 0.6) is 5.75 Å². The average Bonchev–Trinajstić information content (AvgIpc) is 2.45. The number of hydrogen-bond donors (Lipinski definition) is 1. The molecule has 0 saturated heterocycles. The fourth-order valence-electron chi connectivity index (χ4n) is 1.80. The fraction of sp³-hybridized carbons (Fsp3) is 0.143. The summed E-state index contributed by atoms with van der Waals surface area (Å²) in [4.78, 5) is 10.4. The molecule has 0 fully saturated rings. The number of rotatable bonds is 5. The maximum absolute atomic E-state index is 13.5. The van der Waals surface area contributed by atoms with Crippen molar-refractivity contribution in [2.24, 2.45) is 0 Å². The van der Waals surface area contributed by atoms with Gasteiger partial charge in [-0.15, -0.1) is 0 Å². The van der Waals surface area contributed by atoms with E-state index in [0.29, 0.717) is 5.75 Å². The molecule has 1 N–H and O–H groups in total. The number of anilines is 1. The quantitative estimate of drug-likeness (QED) is 0.677. The third-order valence-corrected chi connectivity index (χ3v) is 2.88. The highest BCUT2D eigenvalue weighted by molar-refractivity contribution is 5.64. The van der Waals surface area contributed by atoms with Crippen LogP contribution in [0.1, 0.15) is 5.56 Å². The van der Waals surface area contributed by atoms with Gasteiger partial charge in [0.15, 0.2) is 0 Å². The number of benzene rings is 2. The zero-order chi connectivity index (χ0) is 15.4. The smallest absolute Gasteiger partial charge is 0.292 e. The van der Waals surface area contributed by atoms with Crippen molar-refractivity contribution in [2.45, 2.75) is 6.54 Å². The van der Waals surface area contributed by atoms with Crippen LogP contribution in [0.15, 0.2) is 36.4 Å². The predicted molar refractivity (Wildman–Crippen MR) is 73.3 cm³/mol. The maximum atomic E-state index is 13.5. The van der Waals surface area contributed by atoms with Crippen LogP contribution in [0, 0.1) is 21.7 Å². The van der Waals surface area contributed by atoms with Gasteiger partial charge in [-0.2, -0.15) is 0 Å². The van der Waals surface area contributed by atoms with Crippen molar-refractivity contribution < 1.29 is 18.4 Å². The molecule has 0 spiro atoms. The number of ether oxygens (including phenoxy) is 1. The minimum absolute atomic E-state index is 0.0138.